The zero-order valence-electron chi connectivity index (χ0n) is 20.0. The Morgan fingerprint density at radius 2 is 1.82 bits per heavy atom. The predicted octanol–water partition coefficient (Wildman–Crippen LogP) is 6.19. The Morgan fingerprint density at radius 3 is 2.38 bits per heavy atom. The van der Waals surface area contributed by atoms with Crippen LogP contribution in [0.4, 0.5) is 8.78 Å². The van der Waals surface area contributed by atoms with Gasteiger partial charge < -0.3 is 19.5 Å². The summed E-state index contributed by atoms with van der Waals surface area (Å²) in [5.41, 5.74) is 0.438. The number of aliphatic carboxylic acids is 1. The van der Waals surface area contributed by atoms with Gasteiger partial charge in [0.15, 0.2) is 0 Å². The second-order valence-electron chi connectivity index (χ2n) is 10.2. The lowest BCUT2D eigenvalue weighted by Crippen LogP contribution is -2.50. The zero-order chi connectivity index (χ0) is 25.1. The normalized spacial score (nSPS) is 26.4. The number of aliphatic hydroxyl groups is 1. The van der Waals surface area contributed by atoms with Gasteiger partial charge in [0.2, 0.25) is 5.67 Å². The van der Waals surface area contributed by atoms with Crippen molar-refractivity contribution in [3.05, 3.63) is 70.8 Å². The number of carbonyl (C=O) groups is 1. The summed E-state index contributed by atoms with van der Waals surface area (Å²) in [5, 5.41) is 20.5. The van der Waals surface area contributed by atoms with E-state index in [1.165, 1.54) is 18.2 Å². The van der Waals surface area contributed by atoms with Crippen LogP contribution in [0.25, 0.3) is 11.4 Å². The average Bonchev–Trinajstić information content (AvgIpc) is 3.10. The zero-order valence-corrected chi connectivity index (χ0v) is 20.0. The Labute approximate surface area is 198 Å². The minimum atomic E-state index is -2.30. The van der Waals surface area contributed by atoms with Crippen LogP contribution in [0, 0.1) is 19.7 Å². The van der Waals surface area contributed by atoms with Gasteiger partial charge in [-0.15, -0.1) is 0 Å². The number of aryl methyl sites for hydroxylation is 1. The minimum Gasteiger partial charge on any atom is -0.507 e. The Bertz CT molecular complexity index is 1200. The third kappa shape index (κ3) is 3.57. The molecule has 2 aromatic rings. The first kappa shape index (κ1) is 24.2. The molecular formula is C27H31F2NO4. The maximum Gasteiger partial charge on any atom is 0.341 e. The molecule has 4 rings (SSSR count). The van der Waals surface area contributed by atoms with Gasteiger partial charge in [-0.2, -0.15) is 0 Å². The van der Waals surface area contributed by atoms with Crippen molar-refractivity contribution in [2.45, 2.75) is 70.1 Å². The van der Waals surface area contributed by atoms with Crippen molar-refractivity contribution in [1.82, 2.24) is 4.57 Å². The van der Waals surface area contributed by atoms with Gasteiger partial charge in [0.25, 0.3) is 0 Å². The van der Waals surface area contributed by atoms with Gasteiger partial charge in [-0.05, 0) is 69.4 Å². The molecule has 5 nitrogen and oxygen atoms in total. The predicted molar refractivity (Wildman–Crippen MR) is 127 cm³/mol. The fourth-order valence-electron chi connectivity index (χ4n) is 5.49. The number of fused-ring (bicyclic) bond motifs is 2. The van der Waals surface area contributed by atoms with Crippen molar-refractivity contribution in [1.29, 1.82) is 0 Å². The molecule has 182 valence electrons. The maximum atomic E-state index is 15.0. The minimum absolute atomic E-state index is 0.00247. The first-order chi connectivity index (χ1) is 15.9. The number of aliphatic hydroxyl groups excluding tert-OH is 1. The Kier molecular flexibility index (Phi) is 5.75. The molecule has 34 heavy (non-hydrogen) atoms. The van der Waals surface area contributed by atoms with Gasteiger partial charge in [0.05, 0.1) is 12.2 Å². The molecule has 2 aliphatic rings. The highest BCUT2D eigenvalue weighted by Crippen LogP contribution is 2.55. The number of hydrogen-bond acceptors (Lipinski definition) is 3. The molecule has 0 bridgehead atoms. The van der Waals surface area contributed by atoms with Crippen LogP contribution in [0.1, 0.15) is 67.6 Å². The molecule has 1 aromatic heterocycles. The molecule has 0 radical (unpaired) electrons. The number of allylic oxidation sites excluding steroid dienone is 2. The Morgan fingerprint density at radius 1 is 1.18 bits per heavy atom. The summed E-state index contributed by atoms with van der Waals surface area (Å²) in [7, 11) is 0. The van der Waals surface area contributed by atoms with Crippen LogP contribution in [0.15, 0.2) is 36.9 Å². The largest absolute Gasteiger partial charge is 0.507 e. The van der Waals surface area contributed by atoms with Crippen molar-refractivity contribution >= 4 is 11.7 Å². The van der Waals surface area contributed by atoms with E-state index in [1.54, 1.807) is 19.1 Å². The fourth-order valence-corrected chi connectivity index (χ4v) is 5.49. The van der Waals surface area contributed by atoms with Crippen LogP contribution >= 0.6 is 0 Å². The molecule has 1 spiro atoms. The molecule has 0 saturated heterocycles. The van der Waals surface area contributed by atoms with Crippen molar-refractivity contribution in [3.63, 3.8) is 0 Å². The van der Waals surface area contributed by atoms with Gasteiger partial charge in [-0.25, -0.2) is 13.6 Å². The first-order valence-corrected chi connectivity index (χ1v) is 11.5. The lowest BCUT2D eigenvalue weighted by molar-refractivity contribution is -0.165. The molecule has 0 amide bonds. The summed E-state index contributed by atoms with van der Waals surface area (Å²) in [6.45, 7) is 11.7. The summed E-state index contributed by atoms with van der Waals surface area (Å²) >= 11 is 0. The number of rotatable bonds is 4. The molecule has 2 heterocycles. The summed E-state index contributed by atoms with van der Waals surface area (Å²) < 4.78 is 37.6. The molecule has 1 saturated carbocycles. The second-order valence-corrected chi connectivity index (χ2v) is 10.2. The number of carboxylic acids is 1. The molecular weight excluding hydrogens is 440 g/mol. The molecule has 1 fully saturated rings. The van der Waals surface area contributed by atoms with Crippen molar-refractivity contribution in [2.24, 2.45) is 0 Å². The molecule has 0 atom stereocenters. The number of halogens is 2. The fraction of sp³-hybridized carbons (Fsp3) is 0.444. The van der Waals surface area contributed by atoms with E-state index in [0.717, 1.165) is 22.6 Å². The summed E-state index contributed by atoms with van der Waals surface area (Å²) in [4.78, 5) is 11.5. The van der Waals surface area contributed by atoms with Crippen LogP contribution in [-0.2, 0) is 20.5 Å². The molecule has 1 aliphatic carbocycles. The van der Waals surface area contributed by atoms with E-state index in [1.807, 2.05) is 25.3 Å². The van der Waals surface area contributed by atoms with Crippen LogP contribution in [0.2, 0.25) is 0 Å². The molecule has 1 aliphatic heterocycles. The summed E-state index contributed by atoms with van der Waals surface area (Å²) in [6.07, 6.45) is 2.94. The van der Waals surface area contributed by atoms with E-state index < -0.39 is 22.7 Å². The number of ether oxygens (including phenoxy) is 1. The Balaban J connectivity index is 2.03. The summed E-state index contributed by atoms with van der Waals surface area (Å²) in [6, 6.07) is 4.88. The average molecular weight is 472 g/mol. The third-order valence-electron chi connectivity index (χ3n) is 7.38. The number of hydrogen-bond donors (Lipinski definition) is 2. The number of carboxylic acid groups (broad SMARTS) is 1. The first-order valence-electron chi connectivity index (χ1n) is 11.5. The number of benzene rings is 1. The standard InChI is InChI=1S/C27H31F2NO4/c1-6-7-20(31)21-17(3)30(18-8-9-19(28)16(2)14-18)23-22(21)27(34-15-25(23,4)5)12-10-26(29,11-13-27)24(32)33/h6-9,14,31H,1,10-13,15H2,2-5H3,(H,32,33)/b20-7+. The highest BCUT2D eigenvalue weighted by molar-refractivity contribution is 5.78. The van der Waals surface area contributed by atoms with Gasteiger partial charge >= 0.3 is 5.97 Å². The van der Waals surface area contributed by atoms with Gasteiger partial charge in [-0.3, -0.25) is 0 Å². The Hall–Kier alpha value is -2.93. The second kappa shape index (κ2) is 8.08. The van der Waals surface area contributed by atoms with Crippen LogP contribution in [-0.4, -0.2) is 33.0 Å². The van der Waals surface area contributed by atoms with Crippen LogP contribution in [0.3, 0.4) is 0 Å². The van der Waals surface area contributed by atoms with Crippen molar-refractivity contribution < 1.29 is 28.5 Å². The quantitative estimate of drug-likeness (QED) is 0.412. The van der Waals surface area contributed by atoms with Gasteiger partial charge in [-0.1, -0.05) is 26.5 Å². The molecule has 2 N–H and O–H groups in total. The highest BCUT2D eigenvalue weighted by Gasteiger charge is 2.55. The molecule has 1 aromatic carbocycles. The third-order valence-corrected chi connectivity index (χ3v) is 7.38. The van der Waals surface area contributed by atoms with Crippen molar-refractivity contribution in [2.75, 3.05) is 6.61 Å². The van der Waals surface area contributed by atoms with Gasteiger partial charge in [0.1, 0.15) is 11.6 Å². The smallest absolute Gasteiger partial charge is 0.341 e. The van der Waals surface area contributed by atoms with Crippen LogP contribution in [0.5, 0.6) is 0 Å². The van der Waals surface area contributed by atoms with E-state index >= 15 is 4.39 Å². The SMILES string of the molecule is C=C/C=C(/O)c1c2c(n(-c3ccc(F)c(C)c3)c1C)C(C)(C)COC21CCC(F)(C(=O)O)CC1. The number of aromatic nitrogens is 1. The topological polar surface area (TPSA) is 71.7 Å². The number of nitrogens with zero attached hydrogens (tertiary/aromatic N) is 1. The monoisotopic (exact) mass is 471 g/mol. The summed E-state index contributed by atoms with van der Waals surface area (Å²) in [5.74, 6) is -1.77. The maximum absolute atomic E-state index is 15.0. The van der Waals surface area contributed by atoms with E-state index in [9.17, 15) is 19.4 Å². The lowest BCUT2D eigenvalue weighted by atomic mass is 9.68. The molecule has 0 unspecified atom stereocenters. The lowest BCUT2D eigenvalue weighted by Gasteiger charge is -2.48. The van der Waals surface area contributed by atoms with Gasteiger partial charge in [0, 0.05) is 33.6 Å². The molecule has 7 heteroatoms. The van der Waals surface area contributed by atoms with E-state index in [4.69, 9.17) is 4.74 Å². The highest BCUT2D eigenvalue weighted by atomic mass is 19.1. The van der Waals surface area contributed by atoms with E-state index in [0.29, 0.717) is 17.7 Å². The number of alkyl halides is 1. The van der Waals surface area contributed by atoms with E-state index in [-0.39, 0.29) is 37.3 Å². The van der Waals surface area contributed by atoms with E-state index in [2.05, 4.69) is 6.58 Å². The van der Waals surface area contributed by atoms with Crippen molar-refractivity contribution in [3.8, 4) is 5.69 Å². The van der Waals surface area contributed by atoms with Crippen LogP contribution < -0.4 is 0 Å².